The highest BCUT2D eigenvalue weighted by atomic mass is 35.5. The molecule has 1 aromatic carbocycles. The van der Waals surface area contributed by atoms with Gasteiger partial charge in [0.05, 0.1) is 9.90 Å². The first-order valence-electron chi connectivity index (χ1n) is 9.10. The lowest BCUT2D eigenvalue weighted by molar-refractivity contribution is 0.0951. The molecular weight excluding hydrogens is 392 g/mol. The Morgan fingerprint density at radius 2 is 2.07 bits per heavy atom. The molecule has 4 aromatic rings. The summed E-state index contributed by atoms with van der Waals surface area (Å²) in [7, 11) is 0. The van der Waals surface area contributed by atoms with Crippen molar-refractivity contribution in [3.63, 3.8) is 0 Å². The molecule has 5 rings (SSSR count). The molecule has 0 aliphatic heterocycles. The molecule has 3 aromatic heterocycles. The fourth-order valence-electron chi connectivity index (χ4n) is 3.24. The summed E-state index contributed by atoms with van der Waals surface area (Å²) in [5.74, 6) is 0.720. The van der Waals surface area contributed by atoms with Gasteiger partial charge in [0.15, 0.2) is 11.5 Å². The number of carbonyl (C=O) groups is 1. The number of carbonyl (C=O) groups excluding carboxylic acids is 1. The largest absolute Gasteiger partial charge is 0.349 e. The lowest BCUT2D eigenvalue weighted by Crippen LogP contribution is -2.25. The van der Waals surface area contributed by atoms with Gasteiger partial charge in [0.25, 0.3) is 5.91 Å². The molecule has 0 spiro atoms. The van der Waals surface area contributed by atoms with E-state index in [0.717, 1.165) is 45.9 Å². The van der Waals surface area contributed by atoms with E-state index in [-0.39, 0.29) is 5.91 Å². The molecule has 1 fully saturated rings. The summed E-state index contributed by atoms with van der Waals surface area (Å²) in [4.78, 5) is 13.3. The molecule has 0 unspecified atom stereocenters. The Labute approximate surface area is 171 Å². The van der Waals surface area contributed by atoms with Crippen molar-refractivity contribution >= 4 is 34.5 Å². The van der Waals surface area contributed by atoms with Crippen LogP contribution in [0.15, 0.2) is 48.0 Å². The summed E-state index contributed by atoms with van der Waals surface area (Å²) >= 11 is 7.80. The number of amides is 1. The zero-order valence-electron chi connectivity index (χ0n) is 15.1. The summed E-state index contributed by atoms with van der Waals surface area (Å²) in [6.45, 7) is 2.04. The van der Waals surface area contributed by atoms with Gasteiger partial charge in [0.2, 0.25) is 0 Å². The number of pyridine rings is 1. The van der Waals surface area contributed by atoms with Gasteiger partial charge in [-0.25, -0.2) is 0 Å². The number of nitrogens with zero attached hydrogens (tertiary/aromatic N) is 3. The van der Waals surface area contributed by atoms with Gasteiger partial charge in [-0.3, -0.25) is 9.20 Å². The molecule has 1 N–H and O–H groups in total. The summed E-state index contributed by atoms with van der Waals surface area (Å²) in [6.07, 6.45) is 4.10. The van der Waals surface area contributed by atoms with Crippen LogP contribution in [0.4, 0.5) is 0 Å². The molecular formula is C21H17ClN4OS. The average molecular weight is 409 g/mol. The van der Waals surface area contributed by atoms with Crippen molar-refractivity contribution in [3.8, 4) is 21.8 Å². The van der Waals surface area contributed by atoms with Crippen LogP contribution in [0.1, 0.15) is 28.8 Å². The van der Waals surface area contributed by atoms with E-state index in [1.807, 2.05) is 59.3 Å². The number of hydrogen-bond donors (Lipinski definition) is 1. The second-order valence-corrected chi connectivity index (χ2v) is 8.37. The van der Waals surface area contributed by atoms with E-state index in [1.54, 1.807) is 11.3 Å². The summed E-state index contributed by atoms with van der Waals surface area (Å²) in [6, 6.07) is 12.0. The first-order valence-corrected chi connectivity index (χ1v) is 10.4. The van der Waals surface area contributed by atoms with Crippen LogP contribution in [-0.2, 0) is 0 Å². The van der Waals surface area contributed by atoms with Crippen LogP contribution in [-0.4, -0.2) is 26.5 Å². The number of hydrogen-bond acceptors (Lipinski definition) is 4. The Balaban J connectivity index is 1.54. The van der Waals surface area contributed by atoms with Crippen LogP contribution in [0.3, 0.4) is 0 Å². The summed E-state index contributed by atoms with van der Waals surface area (Å²) < 4.78 is 1.93. The van der Waals surface area contributed by atoms with Crippen LogP contribution in [0.2, 0.25) is 5.02 Å². The molecule has 0 atom stereocenters. The van der Waals surface area contributed by atoms with E-state index in [0.29, 0.717) is 16.6 Å². The minimum Gasteiger partial charge on any atom is -0.349 e. The third-order valence-electron chi connectivity index (χ3n) is 4.95. The first-order chi connectivity index (χ1) is 13.6. The Morgan fingerprint density at radius 3 is 2.82 bits per heavy atom. The fraction of sp³-hybridized carbons (Fsp3) is 0.190. The van der Waals surface area contributed by atoms with Gasteiger partial charge in [-0.2, -0.15) is 0 Å². The third-order valence-corrected chi connectivity index (χ3v) is 6.29. The quantitative estimate of drug-likeness (QED) is 0.518. The molecule has 28 heavy (non-hydrogen) atoms. The molecule has 1 amide bonds. The van der Waals surface area contributed by atoms with Crippen molar-refractivity contribution in [2.24, 2.45) is 0 Å². The summed E-state index contributed by atoms with van der Waals surface area (Å²) in [5.41, 5.74) is 4.55. The van der Waals surface area contributed by atoms with E-state index in [2.05, 4.69) is 15.5 Å². The lowest BCUT2D eigenvalue weighted by Gasteiger charge is -2.10. The van der Waals surface area contributed by atoms with Crippen molar-refractivity contribution in [1.29, 1.82) is 0 Å². The van der Waals surface area contributed by atoms with Crippen molar-refractivity contribution in [3.05, 3.63) is 64.1 Å². The maximum Gasteiger partial charge on any atom is 0.251 e. The van der Waals surface area contributed by atoms with Crippen molar-refractivity contribution in [2.45, 2.75) is 25.8 Å². The molecule has 7 heteroatoms. The van der Waals surface area contributed by atoms with Crippen LogP contribution in [0.25, 0.3) is 27.5 Å². The Bertz CT molecular complexity index is 1210. The SMILES string of the molecule is Cc1ccc(C(=O)NC2CC2)cc1-c1ccn2c(-c3sccc3Cl)nnc2c1. The van der Waals surface area contributed by atoms with Gasteiger partial charge in [-0.05, 0) is 72.2 Å². The standard InChI is InChI=1S/C21H17ClN4OS/c1-12-2-3-14(21(27)23-15-4-5-15)10-16(12)13-6-8-26-18(11-13)24-25-20(26)19-17(22)7-9-28-19/h2-3,6-11,15H,4-5H2,1H3,(H,23,27). The molecule has 3 heterocycles. The molecule has 0 bridgehead atoms. The molecule has 1 aliphatic carbocycles. The van der Waals surface area contributed by atoms with Gasteiger partial charge in [0, 0.05) is 17.8 Å². The highest BCUT2D eigenvalue weighted by molar-refractivity contribution is 7.14. The highest BCUT2D eigenvalue weighted by Gasteiger charge is 2.24. The van der Waals surface area contributed by atoms with Crippen molar-refractivity contribution < 1.29 is 4.79 Å². The predicted molar refractivity (Wildman–Crippen MR) is 112 cm³/mol. The number of aryl methyl sites for hydroxylation is 1. The molecule has 1 aliphatic rings. The highest BCUT2D eigenvalue weighted by Crippen LogP contribution is 2.33. The zero-order valence-corrected chi connectivity index (χ0v) is 16.7. The maximum absolute atomic E-state index is 12.4. The second kappa shape index (κ2) is 6.72. The van der Waals surface area contributed by atoms with Gasteiger partial charge in [-0.15, -0.1) is 21.5 Å². The third kappa shape index (κ3) is 3.08. The number of halogens is 1. The molecule has 0 radical (unpaired) electrons. The molecule has 140 valence electrons. The number of thiophene rings is 1. The van der Waals surface area contributed by atoms with Gasteiger partial charge < -0.3 is 5.32 Å². The normalized spacial score (nSPS) is 13.8. The van der Waals surface area contributed by atoms with E-state index in [4.69, 9.17) is 11.6 Å². The van der Waals surface area contributed by atoms with E-state index >= 15 is 0 Å². The Kier molecular flexibility index (Phi) is 4.18. The fourth-order valence-corrected chi connectivity index (χ4v) is 4.36. The van der Waals surface area contributed by atoms with Gasteiger partial charge >= 0.3 is 0 Å². The van der Waals surface area contributed by atoms with Gasteiger partial charge in [-0.1, -0.05) is 17.7 Å². The second-order valence-electron chi connectivity index (χ2n) is 7.04. The molecule has 0 saturated heterocycles. The van der Waals surface area contributed by atoms with E-state index in [9.17, 15) is 4.79 Å². The minimum atomic E-state index is -0.0121. The average Bonchev–Trinajstić information content (AvgIpc) is 3.25. The smallest absolute Gasteiger partial charge is 0.251 e. The van der Waals surface area contributed by atoms with E-state index < -0.39 is 0 Å². The number of rotatable bonds is 4. The minimum absolute atomic E-state index is 0.0121. The monoisotopic (exact) mass is 408 g/mol. The van der Waals surface area contributed by atoms with Crippen LogP contribution < -0.4 is 5.32 Å². The zero-order chi connectivity index (χ0) is 19.3. The molecule has 5 nitrogen and oxygen atoms in total. The van der Waals surface area contributed by atoms with Crippen molar-refractivity contribution in [1.82, 2.24) is 19.9 Å². The molecule has 1 saturated carbocycles. The van der Waals surface area contributed by atoms with Crippen LogP contribution in [0.5, 0.6) is 0 Å². The van der Waals surface area contributed by atoms with Crippen molar-refractivity contribution in [2.75, 3.05) is 0 Å². The van der Waals surface area contributed by atoms with Gasteiger partial charge in [0.1, 0.15) is 0 Å². The number of benzene rings is 1. The predicted octanol–water partition coefficient (Wildman–Crippen LogP) is 4.98. The Morgan fingerprint density at radius 1 is 1.21 bits per heavy atom. The Hall–Kier alpha value is -2.70. The van der Waals surface area contributed by atoms with Crippen LogP contribution in [0, 0.1) is 6.92 Å². The number of fused-ring (bicyclic) bond motifs is 1. The number of aromatic nitrogens is 3. The first kappa shape index (κ1) is 17.4. The van der Waals surface area contributed by atoms with Crippen LogP contribution >= 0.6 is 22.9 Å². The topological polar surface area (TPSA) is 59.3 Å². The lowest BCUT2D eigenvalue weighted by atomic mass is 9.98. The maximum atomic E-state index is 12.4. The summed E-state index contributed by atoms with van der Waals surface area (Å²) in [5, 5.41) is 14.3. The number of nitrogens with one attached hydrogen (secondary N) is 1. The van der Waals surface area contributed by atoms with E-state index in [1.165, 1.54) is 0 Å².